The van der Waals surface area contributed by atoms with Gasteiger partial charge in [0.15, 0.2) is 0 Å². The van der Waals surface area contributed by atoms with Crippen LogP contribution in [0.2, 0.25) is 0 Å². The summed E-state index contributed by atoms with van der Waals surface area (Å²) >= 11 is 0. The molecule has 0 fully saturated rings. The summed E-state index contributed by atoms with van der Waals surface area (Å²) in [6, 6.07) is 0. The van der Waals surface area contributed by atoms with E-state index in [1.54, 1.807) is 0 Å². The molecule has 0 bridgehead atoms. The summed E-state index contributed by atoms with van der Waals surface area (Å²) in [7, 11) is 0. The molecule has 0 aliphatic rings. The van der Waals surface area contributed by atoms with E-state index in [9.17, 15) is 35.1 Å². The van der Waals surface area contributed by atoms with Gasteiger partial charge in [0.1, 0.15) is 0 Å². The summed E-state index contributed by atoms with van der Waals surface area (Å²) in [5.74, 6) is 0. The summed E-state index contributed by atoms with van der Waals surface area (Å²) in [4.78, 5) is 2.46. The fraction of sp³-hybridized carbons (Fsp3) is 0.500. The van der Waals surface area contributed by atoms with Gasteiger partial charge in [0.25, 0.3) is 12.2 Å². The molecule has 0 radical (unpaired) electrons. The summed E-state index contributed by atoms with van der Waals surface area (Å²) in [5.41, 5.74) is 0. The predicted octanol–water partition coefficient (Wildman–Crippen LogP) is 2.27. The molecular formula is C4HF8N3. The van der Waals surface area contributed by atoms with Crippen molar-refractivity contribution in [2.24, 2.45) is 9.98 Å². The van der Waals surface area contributed by atoms with Crippen LogP contribution in [0.15, 0.2) is 9.98 Å². The third-order valence-electron chi connectivity index (χ3n) is 0.656. The van der Waals surface area contributed by atoms with Crippen molar-refractivity contribution in [2.75, 3.05) is 0 Å². The first kappa shape index (κ1) is 13.6. The van der Waals surface area contributed by atoms with Gasteiger partial charge >= 0.3 is 12.6 Å². The van der Waals surface area contributed by atoms with Crippen LogP contribution in [-0.4, -0.2) is 24.8 Å². The highest BCUT2D eigenvalue weighted by atomic mass is 19.4. The lowest BCUT2D eigenvalue weighted by Crippen LogP contribution is -2.28. The first-order chi connectivity index (χ1) is 6.49. The van der Waals surface area contributed by atoms with Crippen LogP contribution in [-0.2, 0) is 0 Å². The van der Waals surface area contributed by atoms with E-state index in [-0.39, 0.29) is 0 Å². The molecule has 0 saturated carbocycles. The SMILES string of the molecule is FC(=NC(F)(F)F)NC(F)=NC(F)(F)F. The van der Waals surface area contributed by atoms with E-state index in [0.717, 1.165) is 0 Å². The predicted molar refractivity (Wildman–Crippen MR) is 32.3 cm³/mol. The van der Waals surface area contributed by atoms with Gasteiger partial charge in [0, 0.05) is 0 Å². The molecule has 88 valence electrons. The highest BCUT2D eigenvalue weighted by Crippen LogP contribution is 2.17. The largest absolute Gasteiger partial charge is 0.506 e. The van der Waals surface area contributed by atoms with Gasteiger partial charge in [-0.3, -0.25) is 5.32 Å². The first-order valence-electron chi connectivity index (χ1n) is 2.91. The van der Waals surface area contributed by atoms with Crippen LogP contribution in [0.4, 0.5) is 35.1 Å². The Kier molecular flexibility index (Phi) is 3.98. The second-order valence-electron chi connectivity index (χ2n) is 1.87. The van der Waals surface area contributed by atoms with Crippen molar-refractivity contribution in [1.82, 2.24) is 5.32 Å². The van der Waals surface area contributed by atoms with Gasteiger partial charge < -0.3 is 0 Å². The molecule has 0 atom stereocenters. The fourth-order valence-electron chi connectivity index (χ4n) is 0.364. The number of rotatable bonds is 0. The third-order valence-corrected chi connectivity index (χ3v) is 0.656. The molecule has 0 saturated heterocycles. The highest BCUT2D eigenvalue weighted by Gasteiger charge is 2.30. The number of nitrogens with one attached hydrogen (secondary N) is 1. The minimum atomic E-state index is -5.37. The van der Waals surface area contributed by atoms with Crippen LogP contribution in [0.5, 0.6) is 0 Å². The summed E-state index contributed by atoms with van der Waals surface area (Å²) in [6.45, 7) is 0. The standard InChI is InChI=1S/C4HF8N3/c5-1(14-3(7,8)9)13-2(6)15-4(10,11)12/h(H,13,14,15). The zero-order valence-electron chi connectivity index (χ0n) is 6.42. The normalized spacial score (nSPS) is 15.5. The lowest BCUT2D eigenvalue weighted by molar-refractivity contribution is -0.120. The molecule has 3 nitrogen and oxygen atoms in total. The Balaban J connectivity index is 4.50. The quantitative estimate of drug-likeness (QED) is 0.301. The molecule has 0 amide bonds. The molecule has 0 heterocycles. The number of aliphatic imine (C=N–C) groups is 2. The van der Waals surface area contributed by atoms with Crippen molar-refractivity contribution in [3.63, 3.8) is 0 Å². The second-order valence-corrected chi connectivity index (χ2v) is 1.87. The Bertz CT molecular complexity index is 245. The van der Waals surface area contributed by atoms with E-state index in [0.29, 0.717) is 5.32 Å². The van der Waals surface area contributed by atoms with Crippen LogP contribution in [0.3, 0.4) is 0 Å². The Morgan fingerprint density at radius 2 is 1.00 bits per heavy atom. The van der Waals surface area contributed by atoms with Gasteiger partial charge in [0.05, 0.1) is 0 Å². The number of nitrogens with zero attached hydrogens (tertiary/aromatic N) is 2. The van der Waals surface area contributed by atoms with Gasteiger partial charge in [-0.1, -0.05) is 0 Å². The third kappa shape index (κ3) is 8.90. The molecule has 0 spiro atoms. The maximum Gasteiger partial charge on any atom is 0.506 e. The molecule has 1 N–H and O–H groups in total. The van der Waals surface area contributed by atoms with Crippen molar-refractivity contribution < 1.29 is 35.1 Å². The van der Waals surface area contributed by atoms with E-state index in [2.05, 4.69) is 0 Å². The van der Waals surface area contributed by atoms with Crippen LogP contribution in [0.1, 0.15) is 0 Å². The summed E-state index contributed by atoms with van der Waals surface area (Å²) in [5, 5.41) is 0.420. The van der Waals surface area contributed by atoms with Gasteiger partial charge in [-0.15, -0.1) is 36.3 Å². The Hall–Kier alpha value is -1.42. The molecule has 0 aromatic heterocycles. The van der Waals surface area contributed by atoms with E-state index in [4.69, 9.17) is 0 Å². The number of alkyl halides is 6. The average molecular weight is 243 g/mol. The molecule has 11 heteroatoms. The fourth-order valence-corrected chi connectivity index (χ4v) is 0.364. The molecule has 0 aromatic carbocycles. The zero-order valence-corrected chi connectivity index (χ0v) is 6.42. The van der Waals surface area contributed by atoms with Gasteiger partial charge in [-0.05, 0) is 0 Å². The molecular weight excluding hydrogens is 242 g/mol. The topological polar surface area (TPSA) is 36.8 Å². The summed E-state index contributed by atoms with van der Waals surface area (Å²) < 4.78 is 91.4. The van der Waals surface area contributed by atoms with E-state index < -0.39 is 24.8 Å². The van der Waals surface area contributed by atoms with Gasteiger partial charge in [-0.2, -0.15) is 8.78 Å². The molecule has 15 heavy (non-hydrogen) atoms. The van der Waals surface area contributed by atoms with Crippen molar-refractivity contribution in [1.29, 1.82) is 0 Å². The minimum absolute atomic E-state index is 0.420. The Morgan fingerprint density at radius 1 is 0.733 bits per heavy atom. The maximum atomic E-state index is 12.0. The van der Waals surface area contributed by atoms with E-state index in [1.807, 2.05) is 0 Å². The van der Waals surface area contributed by atoms with Gasteiger partial charge in [0.2, 0.25) is 0 Å². The number of hydrogen-bond acceptors (Lipinski definition) is 2. The monoisotopic (exact) mass is 243 g/mol. The highest BCUT2D eigenvalue weighted by molar-refractivity contribution is 5.91. The van der Waals surface area contributed by atoms with Crippen LogP contribution in [0, 0.1) is 0 Å². The zero-order chi connectivity index (χ0) is 12.3. The van der Waals surface area contributed by atoms with Gasteiger partial charge in [-0.25, -0.2) is 0 Å². The smallest absolute Gasteiger partial charge is 0.276 e. The van der Waals surface area contributed by atoms with Crippen LogP contribution in [0.25, 0.3) is 0 Å². The molecule has 0 aromatic rings. The van der Waals surface area contributed by atoms with Crippen LogP contribution < -0.4 is 5.32 Å². The van der Waals surface area contributed by atoms with E-state index >= 15 is 0 Å². The van der Waals surface area contributed by atoms with Crippen molar-refractivity contribution in [2.45, 2.75) is 12.6 Å². The first-order valence-corrected chi connectivity index (χ1v) is 2.91. The van der Waals surface area contributed by atoms with Crippen LogP contribution >= 0.6 is 0 Å². The Labute approximate surface area is 76.5 Å². The molecule has 0 aliphatic carbocycles. The summed E-state index contributed by atoms with van der Waals surface area (Å²) in [6.07, 6.45) is -15.9. The lowest BCUT2D eigenvalue weighted by Gasteiger charge is -2.02. The number of hydrogen-bond donors (Lipinski definition) is 1. The van der Waals surface area contributed by atoms with Crippen molar-refractivity contribution in [3.8, 4) is 0 Å². The maximum absolute atomic E-state index is 12.0. The molecule has 0 rings (SSSR count). The number of amidine groups is 2. The number of halogens is 8. The second kappa shape index (κ2) is 4.40. The van der Waals surface area contributed by atoms with E-state index in [1.165, 1.54) is 9.98 Å². The minimum Gasteiger partial charge on any atom is -0.276 e. The lowest BCUT2D eigenvalue weighted by atomic mass is 10.9. The van der Waals surface area contributed by atoms with Crippen molar-refractivity contribution in [3.05, 3.63) is 0 Å². The van der Waals surface area contributed by atoms with Crippen molar-refractivity contribution >= 4 is 12.2 Å². The average Bonchev–Trinajstić information content (AvgIpc) is 1.73. The molecule has 0 aliphatic heterocycles. The Morgan fingerprint density at radius 3 is 1.20 bits per heavy atom. The molecule has 0 unspecified atom stereocenters.